The van der Waals surface area contributed by atoms with E-state index in [0.717, 1.165) is 20.5 Å². The Kier molecular flexibility index (Phi) is 6.59. The lowest BCUT2D eigenvalue weighted by Gasteiger charge is -2.19. The van der Waals surface area contributed by atoms with E-state index in [1.807, 2.05) is 13.8 Å². The Hall–Kier alpha value is -1.45. The molecule has 1 atom stereocenters. The van der Waals surface area contributed by atoms with Gasteiger partial charge < -0.3 is 10.4 Å². The fourth-order valence-corrected chi connectivity index (χ4v) is 5.93. The van der Waals surface area contributed by atoms with Gasteiger partial charge in [-0.1, -0.05) is 13.8 Å². The van der Waals surface area contributed by atoms with Gasteiger partial charge in [0.1, 0.15) is 10.3 Å². The summed E-state index contributed by atoms with van der Waals surface area (Å²) in [6, 6.07) is 2.26. The molecule has 2 rings (SSSR count). The molecule has 1 amide bonds. The molecule has 1 saturated heterocycles. The monoisotopic (exact) mass is 388 g/mol. The number of carboxylic acids is 1. The number of nitrogens with one attached hydrogen (secondary N) is 1. The van der Waals surface area contributed by atoms with Crippen molar-refractivity contribution in [3.63, 3.8) is 0 Å². The van der Waals surface area contributed by atoms with Crippen LogP contribution in [0.3, 0.4) is 0 Å². The normalized spacial score (nSPS) is 18.6. The predicted molar refractivity (Wildman–Crippen MR) is 95.0 cm³/mol. The topological polar surface area (TPSA) is 104 Å². The van der Waals surface area contributed by atoms with E-state index < -0.39 is 22.0 Å². The fourth-order valence-electron chi connectivity index (χ4n) is 2.79. The number of carbonyl (C=O) groups is 2. The van der Waals surface area contributed by atoms with Gasteiger partial charge in [0.25, 0.3) is 10.0 Å². The summed E-state index contributed by atoms with van der Waals surface area (Å²) in [6.07, 6.45) is 1.91. The number of hydrogen-bond donors (Lipinski definition) is 2. The first-order valence-corrected chi connectivity index (χ1v) is 10.6. The van der Waals surface area contributed by atoms with Crippen LogP contribution in [-0.2, 0) is 26.0 Å². The van der Waals surface area contributed by atoms with Crippen molar-refractivity contribution in [1.29, 1.82) is 0 Å². The highest BCUT2D eigenvalue weighted by Gasteiger charge is 2.40. The molecule has 1 fully saturated rings. The third kappa shape index (κ3) is 5.02. The van der Waals surface area contributed by atoms with Gasteiger partial charge in [-0.3, -0.25) is 9.59 Å². The SMILES string of the molecule is CC(C)CC(=O)NCCc1ccc(S(=O)(=O)N2CCC[C@@H]2C(=O)O)s1. The third-order valence-electron chi connectivity index (χ3n) is 3.98. The van der Waals surface area contributed by atoms with Crippen molar-refractivity contribution in [2.24, 2.45) is 5.92 Å². The van der Waals surface area contributed by atoms with Gasteiger partial charge in [0.05, 0.1) is 0 Å². The van der Waals surface area contributed by atoms with Gasteiger partial charge in [-0.2, -0.15) is 4.31 Å². The zero-order valence-electron chi connectivity index (χ0n) is 14.4. The Morgan fingerprint density at radius 2 is 2.12 bits per heavy atom. The van der Waals surface area contributed by atoms with Crippen LogP contribution in [0.1, 0.15) is 38.0 Å². The second kappa shape index (κ2) is 8.29. The van der Waals surface area contributed by atoms with E-state index in [9.17, 15) is 23.1 Å². The van der Waals surface area contributed by atoms with Crippen LogP contribution in [0.4, 0.5) is 0 Å². The molecule has 2 heterocycles. The molecule has 9 heteroatoms. The van der Waals surface area contributed by atoms with E-state index in [1.54, 1.807) is 6.07 Å². The fraction of sp³-hybridized carbons (Fsp3) is 0.625. The number of carbonyl (C=O) groups excluding carboxylic acids is 1. The number of amides is 1. The molecule has 0 bridgehead atoms. The molecule has 1 aliphatic rings. The maximum absolute atomic E-state index is 12.7. The number of carboxylic acid groups (broad SMARTS) is 1. The number of nitrogens with zero attached hydrogens (tertiary/aromatic N) is 1. The summed E-state index contributed by atoms with van der Waals surface area (Å²) < 4.78 is 26.6. The van der Waals surface area contributed by atoms with E-state index in [4.69, 9.17) is 0 Å². The van der Waals surface area contributed by atoms with Crippen LogP contribution in [0.5, 0.6) is 0 Å². The summed E-state index contributed by atoms with van der Waals surface area (Å²) in [4.78, 5) is 23.7. The average molecular weight is 389 g/mol. The number of aliphatic carboxylic acids is 1. The van der Waals surface area contributed by atoms with Crippen molar-refractivity contribution in [2.75, 3.05) is 13.1 Å². The Bertz CT molecular complexity index is 727. The molecule has 140 valence electrons. The highest BCUT2D eigenvalue weighted by Crippen LogP contribution is 2.30. The van der Waals surface area contributed by atoms with E-state index in [2.05, 4.69) is 5.32 Å². The number of rotatable bonds is 8. The van der Waals surface area contributed by atoms with Crippen molar-refractivity contribution < 1.29 is 23.1 Å². The smallest absolute Gasteiger partial charge is 0.322 e. The van der Waals surface area contributed by atoms with Crippen LogP contribution in [0, 0.1) is 5.92 Å². The highest BCUT2D eigenvalue weighted by atomic mass is 32.2. The molecule has 0 saturated carbocycles. The summed E-state index contributed by atoms with van der Waals surface area (Å²) in [7, 11) is -3.79. The van der Waals surface area contributed by atoms with Crippen LogP contribution in [-0.4, -0.2) is 48.8 Å². The van der Waals surface area contributed by atoms with Gasteiger partial charge in [-0.15, -0.1) is 11.3 Å². The van der Waals surface area contributed by atoms with Gasteiger partial charge in [0.2, 0.25) is 5.91 Å². The molecular weight excluding hydrogens is 364 g/mol. The highest BCUT2D eigenvalue weighted by molar-refractivity contribution is 7.91. The third-order valence-corrected chi connectivity index (χ3v) is 7.50. The van der Waals surface area contributed by atoms with Gasteiger partial charge in [0.15, 0.2) is 0 Å². The standard InChI is InChI=1S/C16H24N2O5S2/c1-11(2)10-14(19)17-8-7-12-5-6-15(24-12)25(22,23)18-9-3-4-13(18)16(20)21/h5-6,11,13H,3-4,7-10H2,1-2H3,(H,17,19)(H,20,21)/t13-/m1/s1. The van der Waals surface area contributed by atoms with Crippen molar-refractivity contribution in [2.45, 2.75) is 49.8 Å². The maximum Gasteiger partial charge on any atom is 0.322 e. The summed E-state index contributed by atoms with van der Waals surface area (Å²) in [5.74, 6) is -0.826. The van der Waals surface area contributed by atoms with E-state index >= 15 is 0 Å². The van der Waals surface area contributed by atoms with Crippen LogP contribution < -0.4 is 5.32 Å². The molecule has 1 aromatic rings. The summed E-state index contributed by atoms with van der Waals surface area (Å²) in [5, 5.41) is 12.0. The van der Waals surface area contributed by atoms with Gasteiger partial charge >= 0.3 is 5.97 Å². The van der Waals surface area contributed by atoms with Crippen molar-refractivity contribution in [3.8, 4) is 0 Å². The molecule has 7 nitrogen and oxygen atoms in total. The van der Waals surface area contributed by atoms with Gasteiger partial charge in [-0.25, -0.2) is 8.42 Å². The van der Waals surface area contributed by atoms with Gasteiger partial charge in [0, 0.05) is 24.4 Å². The van der Waals surface area contributed by atoms with Crippen LogP contribution in [0.2, 0.25) is 0 Å². The minimum absolute atomic E-state index is 0.0132. The minimum Gasteiger partial charge on any atom is -0.480 e. The van der Waals surface area contributed by atoms with E-state index in [1.165, 1.54) is 6.07 Å². The zero-order chi connectivity index (χ0) is 18.6. The molecule has 0 radical (unpaired) electrons. The Morgan fingerprint density at radius 3 is 2.76 bits per heavy atom. The molecular formula is C16H24N2O5S2. The molecule has 1 aliphatic heterocycles. The molecule has 25 heavy (non-hydrogen) atoms. The summed E-state index contributed by atoms with van der Waals surface area (Å²) >= 11 is 1.13. The van der Waals surface area contributed by atoms with E-state index in [-0.39, 0.29) is 16.7 Å². The zero-order valence-corrected chi connectivity index (χ0v) is 16.0. The number of sulfonamides is 1. The Balaban J connectivity index is 1.98. The first-order chi connectivity index (χ1) is 11.7. The average Bonchev–Trinajstić information content (AvgIpc) is 3.16. The molecule has 0 aliphatic carbocycles. The van der Waals surface area contributed by atoms with Crippen molar-refractivity contribution in [1.82, 2.24) is 9.62 Å². The van der Waals surface area contributed by atoms with Gasteiger partial charge in [-0.05, 0) is 37.3 Å². The lowest BCUT2D eigenvalue weighted by molar-refractivity contribution is -0.140. The quantitative estimate of drug-likeness (QED) is 0.705. The maximum atomic E-state index is 12.7. The minimum atomic E-state index is -3.79. The van der Waals surface area contributed by atoms with Crippen LogP contribution in [0.25, 0.3) is 0 Å². The molecule has 2 N–H and O–H groups in total. The Morgan fingerprint density at radius 1 is 1.40 bits per heavy atom. The van der Waals surface area contributed by atoms with E-state index in [0.29, 0.717) is 38.1 Å². The molecule has 0 aromatic carbocycles. The Labute approximate surface area is 152 Å². The first kappa shape index (κ1) is 19.9. The summed E-state index contributed by atoms with van der Waals surface area (Å²) in [5.41, 5.74) is 0. The van der Waals surface area contributed by atoms with Crippen LogP contribution in [0.15, 0.2) is 16.3 Å². The number of hydrogen-bond acceptors (Lipinski definition) is 5. The lowest BCUT2D eigenvalue weighted by atomic mass is 10.1. The van der Waals surface area contributed by atoms with Crippen LogP contribution >= 0.6 is 11.3 Å². The summed E-state index contributed by atoms with van der Waals surface area (Å²) in [6.45, 7) is 4.63. The number of thiophene rings is 1. The molecule has 0 spiro atoms. The largest absolute Gasteiger partial charge is 0.480 e. The first-order valence-electron chi connectivity index (χ1n) is 8.32. The van der Waals surface area contributed by atoms with Crippen molar-refractivity contribution in [3.05, 3.63) is 17.0 Å². The second-order valence-electron chi connectivity index (χ2n) is 6.53. The lowest BCUT2D eigenvalue weighted by Crippen LogP contribution is -2.40. The van der Waals surface area contributed by atoms with Crippen molar-refractivity contribution >= 4 is 33.2 Å². The predicted octanol–water partition coefficient (Wildman–Crippen LogP) is 1.69. The second-order valence-corrected chi connectivity index (χ2v) is 9.82. The molecule has 0 unspecified atom stereocenters. The molecule has 1 aromatic heterocycles.